The minimum absolute atomic E-state index is 0.0603. The highest BCUT2D eigenvalue weighted by molar-refractivity contribution is 7.90. The summed E-state index contributed by atoms with van der Waals surface area (Å²) < 4.78 is 28.1. The molecule has 0 aliphatic heterocycles. The van der Waals surface area contributed by atoms with E-state index in [-0.39, 0.29) is 16.4 Å². The molecule has 0 saturated carbocycles. The van der Waals surface area contributed by atoms with Gasteiger partial charge in [-0.05, 0) is 55.8 Å². The summed E-state index contributed by atoms with van der Waals surface area (Å²) in [6.07, 6.45) is 2.73. The van der Waals surface area contributed by atoms with Gasteiger partial charge in [0, 0.05) is 10.6 Å². The summed E-state index contributed by atoms with van der Waals surface area (Å²) in [5.74, 6) is -0.134. The summed E-state index contributed by atoms with van der Waals surface area (Å²) in [5.41, 5.74) is 1.34. The highest BCUT2D eigenvalue weighted by Gasteiger charge is 2.18. The lowest BCUT2D eigenvalue weighted by Crippen LogP contribution is -2.13. The van der Waals surface area contributed by atoms with Crippen LogP contribution >= 0.6 is 11.6 Å². The predicted molar refractivity (Wildman–Crippen MR) is 78.6 cm³/mol. The molecular formula is C14H12ClNO3S. The van der Waals surface area contributed by atoms with Crippen LogP contribution in [0.5, 0.6) is 0 Å². The van der Waals surface area contributed by atoms with Crippen LogP contribution in [-0.4, -0.2) is 19.9 Å². The Morgan fingerprint density at radius 1 is 1.00 bits per heavy atom. The van der Waals surface area contributed by atoms with Crippen LogP contribution < -0.4 is 0 Å². The Morgan fingerprint density at radius 3 is 2.20 bits per heavy atom. The zero-order chi connectivity index (χ0) is 14.9. The van der Waals surface area contributed by atoms with Crippen LogP contribution in [-0.2, 0) is 14.8 Å². The van der Waals surface area contributed by atoms with Crippen LogP contribution in [0, 0.1) is 0 Å². The van der Waals surface area contributed by atoms with E-state index in [9.17, 15) is 13.2 Å². The number of nitrogens with zero attached hydrogens (tertiary/aromatic N) is 1. The fourth-order valence-corrected chi connectivity index (χ4v) is 2.84. The molecule has 104 valence electrons. The minimum atomic E-state index is -3.82. The second-order valence-electron chi connectivity index (χ2n) is 4.35. The van der Waals surface area contributed by atoms with Crippen LogP contribution in [0.1, 0.15) is 13.8 Å². The van der Waals surface area contributed by atoms with Gasteiger partial charge >= 0.3 is 0 Å². The molecule has 0 radical (unpaired) electrons. The largest absolute Gasteiger partial charge is 0.290 e. The topological polar surface area (TPSA) is 63.6 Å². The molecule has 1 aliphatic carbocycles. The molecule has 0 bridgehead atoms. The molecular weight excluding hydrogens is 298 g/mol. The van der Waals surface area contributed by atoms with Crippen LogP contribution in [0.4, 0.5) is 0 Å². The SMILES string of the molecule is CC1=C(C)/C(=N\S(=O)(=O)c2ccc(Cl)cc2)C=CC1=O. The second-order valence-corrected chi connectivity index (χ2v) is 6.39. The van der Waals surface area contributed by atoms with E-state index < -0.39 is 10.0 Å². The van der Waals surface area contributed by atoms with E-state index in [1.807, 2.05) is 0 Å². The Bertz CT molecular complexity index is 756. The van der Waals surface area contributed by atoms with Crippen molar-refractivity contribution in [3.8, 4) is 0 Å². The third kappa shape index (κ3) is 2.89. The highest BCUT2D eigenvalue weighted by atomic mass is 35.5. The van der Waals surface area contributed by atoms with Crippen molar-refractivity contribution in [2.45, 2.75) is 18.7 Å². The van der Waals surface area contributed by atoms with Crippen molar-refractivity contribution in [2.24, 2.45) is 4.40 Å². The molecule has 0 N–H and O–H groups in total. The first-order valence-corrected chi connectivity index (χ1v) is 7.64. The predicted octanol–water partition coefficient (Wildman–Crippen LogP) is 2.95. The Kier molecular flexibility index (Phi) is 3.92. The average Bonchev–Trinajstić information content (AvgIpc) is 2.40. The first-order valence-electron chi connectivity index (χ1n) is 5.82. The van der Waals surface area contributed by atoms with Crippen molar-refractivity contribution in [3.63, 3.8) is 0 Å². The summed E-state index contributed by atoms with van der Waals surface area (Å²) >= 11 is 5.73. The number of allylic oxidation sites excluding steroid dienone is 4. The summed E-state index contributed by atoms with van der Waals surface area (Å²) in [5, 5.41) is 0.451. The van der Waals surface area contributed by atoms with Crippen LogP contribution in [0.25, 0.3) is 0 Å². The number of carbonyl (C=O) groups is 1. The zero-order valence-electron chi connectivity index (χ0n) is 10.9. The van der Waals surface area contributed by atoms with Gasteiger partial charge < -0.3 is 0 Å². The Labute approximate surface area is 122 Å². The molecule has 0 spiro atoms. The van der Waals surface area contributed by atoms with Gasteiger partial charge in [0.15, 0.2) is 5.78 Å². The fourth-order valence-electron chi connectivity index (χ4n) is 1.67. The number of halogens is 1. The number of benzene rings is 1. The zero-order valence-corrected chi connectivity index (χ0v) is 12.5. The number of rotatable bonds is 2. The molecule has 1 aromatic carbocycles. The lowest BCUT2D eigenvalue weighted by atomic mass is 9.97. The van der Waals surface area contributed by atoms with Crippen molar-refractivity contribution < 1.29 is 13.2 Å². The third-order valence-corrected chi connectivity index (χ3v) is 4.60. The molecule has 4 nitrogen and oxygen atoms in total. The van der Waals surface area contributed by atoms with E-state index in [2.05, 4.69) is 4.40 Å². The summed E-state index contributed by atoms with van der Waals surface area (Å²) in [6.45, 7) is 3.32. The molecule has 0 unspecified atom stereocenters. The molecule has 0 amide bonds. The van der Waals surface area contributed by atoms with Crippen molar-refractivity contribution >= 4 is 33.1 Å². The van der Waals surface area contributed by atoms with Gasteiger partial charge in [0.05, 0.1) is 10.6 Å². The maximum atomic E-state index is 12.2. The molecule has 0 fully saturated rings. The van der Waals surface area contributed by atoms with E-state index in [1.165, 1.54) is 36.4 Å². The maximum absolute atomic E-state index is 12.2. The molecule has 1 aromatic rings. The Morgan fingerprint density at radius 2 is 1.60 bits per heavy atom. The maximum Gasteiger partial charge on any atom is 0.282 e. The molecule has 0 atom stereocenters. The standard InChI is InChI=1S/C14H12ClNO3S/c1-9-10(2)14(17)8-7-13(9)16-20(18,19)12-5-3-11(15)4-6-12/h3-8H,1-2H3/b16-13-. The number of ketones is 1. The summed E-state index contributed by atoms with van der Waals surface area (Å²) in [4.78, 5) is 11.5. The van der Waals surface area contributed by atoms with E-state index >= 15 is 0 Å². The third-order valence-electron chi connectivity index (χ3n) is 3.04. The fraction of sp³-hybridized carbons (Fsp3) is 0.143. The van der Waals surface area contributed by atoms with Gasteiger partial charge in [-0.25, -0.2) is 0 Å². The summed E-state index contributed by atoms with van der Waals surface area (Å²) in [7, 11) is -3.82. The number of hydrogen-bond donors (Lipinski definition) is 0. The van der Waals surface area contributed by atoms with Gasteiger partial charge in [0.1, 0.15) is 0 Å². The molecule has 20 heavy (non-hydrogen) atoms. The molecule has 0 saturated heterocycles. The monoisotopic (exact) mass is 309 g/mol. The number of hydrogen-bond acceptors (Lipinski definition) is 3. The first-order chi connectivity index (χ1) is 9.31. The highest BCUT2D eigenvalue weighted by Crippen LogP contribution is 2.20. The lowest BCUT2D eigenvalue weighted by Gasteiger charge is -2.10. The van der Waals surface area contributed by atoms with Crippen molar-refractivity contribution in [3.05, 3.63) is 52.6 Å². The van der Waals surface area contributed by atoms with Gasteiger partial charge in [-0.3, -0.25) is 4.79 Å². The van der Waals surface area contributed by atoms with Crippen molar-refractivity contribution in [1.29, 1.82) is 0 Å². The molecule has 0 aromatic heterocycles. The van der Waals surface area contributed by atoms with E-state index in [4.69, 9.17) is 11.6 Å². The first kappa shape index (κ1) is 14.7. The van der Waals surface area contributed by atoms with Gasteiger partial charge in [0.2, 0.25) is 0 Å². The molecule has 0 heterocycles. The normalized spacial score (nSPS) is 17.9. The van der Waals surface area contributed by atoms with Gasteiger partial charge in [-0.15, -0.1) is 0 Å². The van der Waals surface area contributed by atoms with Gasteiger partial charge in [-0.2, -0.15) is 12.8 Å². The van der Waals surface area contributed by atoms with Crippen LogP contribution in [0.2, 0.25) is 5.02 Å². The van der Waals surface area contributed by atoms with E-state index in [1.54, 1.807) is 13.8 Å². The van der Waals surface area contributed by atoms with E-state index in [0.717, 1.165) is 0 Å². The van der Waals surface area contributed by atoms with Crippen molar-refractivity contribution in [1.82, 2.24) is 0 Å². The van der Waals surface area contributed by atoms with Gasteiger partial charge in [-0.1, -0.05) is 11.6 Å². The van der Waals surface area contributed by atoms with Crippen LogP contribution in [0.15, 0.2) is 56.9 Å². The quantitative estimate of drug-likeness (QED) is 0.789. The molecule has 2 rings (SSSR count). The second kappa shape index (κ2) is 5.34. The number of carbonyl (C=O) groups excluding carboxylic acids is 1. The van der Waals surface area contributed by atoms with Gasteiger partial charge in [0.25, 0.3) is 10.0 Å². The van der Waals surface area contributed by atoms with E-state index in [0.29, 0.717) is 16.2 Å². The average molecular weight is 310 g/mol. The van der Waals surface area contributed by atoms with Crippen molar-refractivity contribution in [2.75, 3.05) is 0 Å². The number of sulfonamides is 1. The summed E-state index contributed by atoms with van der Waals surface area (Å²) in [6, 6.07) is 5.77. The lowest BCUT2D eigenvalue weighted by molar-refractivity contribution is -0.111. The molecule has 6 heteroatoms. The van der Waals surface area contributed by atoms with Crippen LogP contribution in [0.3, 0.4) is 0 Å². The Hall–Kier alpha value is -1.72. The molecule has 1 aliphatic rings. The smallest absolute Gasteiger partial charge is 0.282 e. The Balaban J connectivity index is 2.47. The minimum Gasteiger partial charge on any atom is -0.290 e.